The number of carboxylic acids is 1. The molecule has 0 aliphatic heterocycles. The van der Waals surface area contributed by atoms with E-state index < -0.39 is 27.4 Å². The molecule has 0 unspecified atom stereocenters. The predicted molar refractivity (Wildman–Crippen MR) is 92.8 cm³/mol. The van der Waals surface area contributed by atoms with E-state index >= 15 is 0 Å². The molecule has 0 bridgehead atoms. The van der Waals surface area contributed by atoms with Crippen molar-refractivity contribution in [3.63, 3.8) is 0 Å². The van der Waals surface area contributed by atoms with Gasteiger partial charge in [0.1, 0.15) is 5.54 Å². The Morgan fingerprint density at radius 2 is 1.84 bits per heavy atom. The van der Waals surface area contributed by atoms with Crippen LogP contribution in [-0.2, 0) is 14.8 Å². The molecule has 138 valence electrons. The van der Waals surface area contributed by atoms with Crippen molar-refractivity contribution >= 4 is 21.9 Å². The van der Waals surface area contributed by atoms with Crippen LogP contribution in [0.5, 0.6) is 0 Å². The van der Waals surface area contributed by atoms with Gasteiger partial charge in [-0.15, -0.1) is 0 Å². The minimum Gasteiger partial charge on any atom is -0.480 e. The van der Waals surface area contributed by atoms with Crippen molar-refractivity contribution < 1.29 is 23.1 Å². The first-order valence-electron chi connectivity index (χ1n) is 8.19. The van der Waals surface area contributed by atoms with Crippen molar-refractivity contribution in [3.05, 3.63) is 29.8 Å². The molecule has 1 aromatic carbocycles. The van der Waals surface area contributed by atoms with Gasteiger partial charge in [-0.2, -0.15) is 0 Å². The summed E-state index contributed by atoms with van der Waals surface area (Å²) in [6.07, 6.45) is 3.63. The second kappa shape index (κ2) is 7.13. The molecular formula is C17H24N2O5S. The molecule has 1 amide bonds. The molecule has 0 saturated heterocycles. The second-order valence-corrected chi connectivity index (χ2v) is 8.57. The lowest BCUT2D eigenvalue weighted by Gasteiger charge is -2.31. The van der Waals surface area contributed by atoms with Gasteiger partial charge in [-0.05, 0) is 44.9 Å². The quantitative estimate of drug-likeness (QED) is 0.797. The Balaban J connectivity index is 2.26. The monoisotopic (exact) mass is 368 g/mol. The fourth-order valence-electron chi connectivity index (χ4n) is 2.72. The molecule has 0 atom stereocenters. The Morgan fingerprint density at radius 3 is 2.40 bits per heavy atom. The highest BCUT2D eigenvalue weighted by Gasteiger charge is 2.36. The van der Waals surface area contributed by atoms with E-state index in [1.54, 1.807) is 0 Å². The van der Waals surface area contributed by atoms with E-state index in [0.29, 0.717) is 0 Å². The molecule has 2 N–H and O–H groups in total. The van der Waals surface area contributed by atoms with Gasteiger partial charge in [-0.25, -0.2) is 17.9 Å². The summed E-state index contributed by atoms with van der Waals surface area (Å²) in [5.41, 5.74) is -1.28. The highest BCUT2D eigenvalue weighted by atomic mass is 32.2. The van der Waals surface area contributed by atoms with Crippen LogP contribution >= 0.6 is 0 Å². The number of likely N-dealkylation sites (N-methyl/N-ethyl adjacent to an activating group) is 1. The van der Waals surface area contributed by atoms with E-state index in [1.165, 1.54) is 45.2 Å². The lowest BCUT2D eigenvalue weighted by Crippen LogP contribution is -2.50. The number of aliphatic carboxylic acids is 1. The number of carbonyl (C=O) groups excluding carboxylic acids is 1. The van der Waals surface area contributed by atoms with Crippen LogP contribution in [0.1, 0.15) is 49.9 Å². The number of hydrogen-bond acceptors (Lipinski definition) is 4. The van der Waals surface area contributed by atoms with Gasteiger partial charge in [0.2, 0.25) is 10.0 Å². The van der Waals surface area contributed by atoms with Crippen molar-refractivity contribution in [1.29, 1.82) is 0 Å². The largest absolute Gasteiger partial charge is 0.480 e. The van der Waals surface area contributed by atoms with Crippen molar-refractivity contribution in [2.24, 2.45) is 0 Å². The van der Waals surface area contributed by atoms with Crippen LogP contribution in [0.25, 0.3) is 0 Å². The summed E-state index contributed by atoms with van der Waals surface area (Å²) in [6, 6.07) is 5.60. The first-order chi connectivity index (χ1) is 11.6. The average Bonchev–Trinajstić information content (AvgIpc) is 3.05. The summed E-state index contributed by atoms with van der Waals surface area (Å²) in [4.78, 5) is 25.0. The Kier molecular flexibility index (Phi) is 5.53. The molecule has 25 heavy (non-hydrogen) atoms. The first-order valence-corrected chi connectivity index (χ1v) is 9.68. The van der Waals surface area contributed by atoms with Gasteiger partial charge in [0.15, 0.2) is 0 Å². The molecule has 1 aliphatic rings. The van der Waals surface area contributed by atoms with E-state index in [-0.39, 0.29) is 16.5 Å². The topological polar surface area (TPSA) is 104 Å². The molecule has 1 saturated carbocycles. The third kappa shape index (κ3) is 4.19. The first kappa shape index (κ1) is 19.4. The number of sulfonamides is 1. The van der Waals surface area contributed by atoms with Crippen LogP contribution in [0.2, 0.25) is 0 Å². The van der Waals surface area contributed by atoms with E-state index in [1.807, 2.05) is 0 Å². The summed E-state index contributed by atoms with van der Waals surface area (Å²) in [5.74, 6) is -1.69. The van der Waals surface area contributed by atoms with Crippen LogP contribution in [0.3, 0.4) is 0 Å². The van der Waals surface area contributed by atoms with E-state index in [2.05, 4.69) is 4.72 Å². The zero-order valence-corrected chi connectivity index (χ0v) is 15.5. The highest BCUT2D eigenvalue weighted by Crippen LogP contribution is 2.22. The minimum absolute atomic E-state index is 0.00628. The van der Waals surface area contributed by atoms with Gasteiger partial charge >= 0.3 is 5.97 Å². The highest BCUT2D eigenvalue weighted by molar-refractivity contribution is 7.89. The molecule has 7 nitrogen and oxygen atoms in total. The minimum atomic E-state index is -3.71. The smallest absolute Gasteiger partial charge is 0.329 e. The van der Waals surface area contributed by atoms with E-state index in [4.69, 9.17) is 0 Å². The van der Waals surface area contributed by atoms with Crippen molar-refractivity contribution in [3.8, 4) is 0 Å². The van der Waals surface area contributed by atoms with Crippen LogP contribution in [0.15, 0.2) is 29.2 Å². The number of nitrogens with zero attached hydrogens (tertiary/aromatic N) is 1. The zero-order valence-electron chi connectivity index (χ0n) is 14.7. The number of rotatable bonds is 6. The molecule has 1 aromatic rings. The number of carbonyl (C=O) groups is 2. The van der Waals surface area contributed by atoms with Gasteiger partial charge in [0, 0.05) is 18.7 Å². The maximum Gasteiger partial charge on any atom is 0.329 e. The molecule has 1 aliphatic carbocycles. The predicted octanol–water partition coefficient (Wildman–Crippen LogP) is 1.84. The van der Waals surface area contributed by atoms with Crippen LogP contribution in [0.4, 0.5) is 0 Å². The Hall–Kier alpha value is -1.93. The molecule has 8 heteroatoms. The zero-order chi connectivity index (χ0) is 18.8. The summed E-state index contributed by atoms with van der Waals surface area (Å²) in [5, 5.41) is 9.25. The van der Waals surface area contributed by atoms with Crippen LogP contribution in [-0.4, -0.2) is 48.9 Å². The van der Waals surface area contributed by atoms with Crippen molar-refractivity contribution in [2.45, 2.75) is 56.0 Å². The Labute approximate surface area is 148 Å². The number of benzene rings is 1. The fourth-order valence-corrected chi connectivity index (χ4v) is 4.07. The fraction of sp³-hybridized carbons (Fsp3) is 0.529. The maximum absolute atomic E-state index is 12.6. The third-order valence-electron chi connectivity index (χ3n) is 4.73. The second-order valence-electron chi connectivity index (χ2n) is 6.86. The maximum atomic E-state index is 12.6. The lowest BCUT2D eigenvalue weighted by molar-refractivity contribution is -0.147. The molecule has 0 aromatic heterocycles. The van der Waals surface area contributed by atoms with Gasteiger partial charge in [-0.1, -0.05) is 18.9 Å². The van der Waals surface area contributed by atoms with Gasteiger partial charge in [0.25, 0.3) is 5.91 Å². The third-order valence-corrected chi connectivity index (χ3v) is 6.25. The van der Waals surface area contributed by atoms with Crippen molar-refractivity contribution in [1.82, 2.24) is 9.62 Å². The summed E-state index contributed by atoms with van der Waals surface area (Å²) < 4.78 is 27.7. The Morgan fingerprint density at radius 1 is 1.24 bits per heavy atom. The molecule has 0 radical (unpaired) electrons. The van der Waals surface area contributed by atoms with Crippen LogP contribution in [0, 0.1) is 0 Å². The standard InChI is InChI=1S/C17H24N2O5S/c1-17(2,16(21)22)19(3)15(20)12-7-6-10-14(11-12)25(23,24)18-13-8-4-5-9-13/h6-7,10-11,13,18H,4-5,8-9H2,1-3H3,(H,21,22). The van der Waals surface area contributed by atoms with E-state index in [9.17, 15) is 23.1 Å². The number of nitrogens with one attached hydrogen (secondary N) is 1. The number of amides is 1. The normalized spacial score (nSPS) is 16.0. The van der Waals surface area contributed by atoms with Gasteiger partial charge < -0.3 is 10.0 Å². The van der Waals surface area contributed by atoms with Crippen LogP contribution < -0.4 is 4.72 Å². The summed E-state index contributed by atoms with van der Waals surface area (Å²) in [7, 11) is -2.33. The lowest BCUT2D eigenvalue weighted by atomic mass is 10.0. The molecule has 0 heterocycles. The summed E-state index contributed by atoms with van der Waals surface area (Å²) in [6.45, 7) is 2.82. The summed E-state index contributed by atoms with van der Waals surface area (Å²) >= 11 is 0. The SMILES string of the molecule is CN(C(=O)c1cccc(S(=O)(=O)NC2CCCC2)c1)C(C)(C)C(=O)O. The van der Waals surface area contributed by atoms with Gasteiger partial charge in [0.05, 0.1) is 4.90 Å². The number of hydrogen-bond donors (Lipinski definition) is 2. The van der Waals surface area contributed by atoms with E-state index in [0.717, 1.165) is 30.6 Å². The van der Waals surface area contributed by atoms with Gasteiger partial charge in [-0.3, -0.25) is 4.79 Å². The molecule has 1 fully saturated rings. The van der Waals surface area contributed by atoms with Crippen molar-refractivity contribution in [2.75, 3.05) is 7.05 Å². The average molecular weight is 368 g/mol. The molecular weight excluding hydrogens is 344 g/mol. The Bertz CT molecular complexity index is 767. The molecule has 2 rings (SSSR count). The molecule has 0 spiro atoms. The number of carboxylic acid groups (broad SMARTS) is 1.